The molecule has 0 bridgehead atoms. The fourth-order valence-electron chi connectivity index (χ4n) is 2.26. The third-order valence-electron chi connectivity index (χ3n) is 3.36. The third kappa shape index (κ3) is 3.73. The van der Waals surface area contributed by atoms with Crippen molar-refractivity contribution in [1.82, 2.24) is 4.90 Å². The highest BCUT2D eigenvalue weighted by Gasteiger charge is 2.17. The second kappa shape index (κ2) is 6.23. The van der Waals surface area contributed by atoms with E-state index in [0.29, 0.717) is 12.1 Å². The van der Waals surface area contributed by atoms with E-state index >= 15 is 0 Å². The van der Waals surface area contributed by atoms with Crippen molar-refractivity contribution in [3.05, 3.63) is 24.3 Å². The summed E-state index contributed by atoms with van der Waals surface area (Å²) in [5.41, 5.74) is 0.482. The van der Waals surface area contributed by atoms with Gasteiger partial charge in [-0.1, -0.05) is 19.1 Å². The predicted octanol–water partition coefficient (Wildman–Crippen LogP) is 0.0870. The number of benzene rings is 1. The number of hydrogen-bond donors (Lipinski definition) is 2. The molecule has 1 aromatic rings. The van der Waals surface area contributed by atoms with Crippen LogP contribution < -0.4 is 10.2 Å². The van der Waals surface area contributed by atoms with Crippen LogP contribution in [-0.4, -0.2) is 48.3 Å². The number of hydrogen-bond acceptors (Lipinski definition) is 4. The van der Waals surface area contributed by atoms with Crippen molar-refractivity contribution in [3.63, 3.8) is 0 Å². The van der Waals surface area contributed by atoms with Crippen LogP contribution >= 0.6 is 0 Å². The molecular formula is C13H20BNO3. The molecular weight excluding hydrogens is 229 g/mol. The topological polar surface area (TPSA) is 52.9 Å². The Hall–Kier alpha value is -1.04. The van der Waals surface area contributed by atoms with Gasteiger partial charge in [0.05, 0.1) is 0 Å². The van der Waals surface area contributed by atoms with E-state index in [2.05, 4.69) is 11.8 Å². The van der Waals surface area contributed by atoms with Gasteiger partial charge in [-0.25, -0.2) is 0 Å². The van der Waals surface area contributed by atoms with Crippen LogP contribution in [0.4, 0.5) is 0 Å². The summed E-state index contributed by atoms with van der Waals surface area (Å²) in [5, 5.41) is 17.9. The SMILES string of the molecule is CC1CCN(CCOc2ccc(B(O)O)cc2)C1. The van der Waals surface area contributed by atoms with Crippen LogP contribution in [0.25, 0.3) is 0 Å². The molecule has 1 aromatic carbocycles. The Bertz CT molecular complexity index is 369. The monoisotopic (exact) mass is 249 g/mol. The molecule has 4 nitrogen and oxygen atoms in total. The van der Waals surface area contributed by atoms with E-state index < -0.39 is 7.12 Å². The van der Waals surface area contributed by atoms with Crippen molar-refractivity contribution in [2.24, 2.45) is 5.92 Å². The molecule has 0 amide bonds. The zero-order chi connectivity index (χ0) is 13.0. The molecule has 0 aromatic heterocycles. The molecule has 5 heteroatoms. The van der Waals surface area contributed by atoms with Gasteiger partial charge in [0, 0.05) is 13.1 Å². The molecule has 1 aliphatic heterocycles. The first-order valence-corrected chi connectivity index (χ1v) is 6.46. The zero-order valence-corrected chi connectivity index (χ0v) is 10.7. The highest BCUT2D eigenvalue weighted by atomic mass is 16.5. The largest absolute Gasteiger partial charge is 0.492 e. The van der Waals surface area contributed by atoms with Crippen LogP contribution in [0, 0.1) is 5.92 Å². The summed E-state index contributed by atoms with van der Waals surface area (Å²) >= 11 is 0. The maximum atomic E-state index is 8.97. The first kappa shape index (κ1) is 13.4. The van der Waals surface area contributed by atoms with Crippen LogP contribution in [0.1, 0.15) is 13.3 Å². The average Bonchev–Trinajstić information content (AvgIpc) is 2.76. The summed E-state index contributed by atoms with van der Waals surface area (Å²) in [5.74, 6) is 1.57. The van der Waals surface area contributed by atoms with Crippen LogP contribution in [0.3, 0.4) is 0 Å². The highest BCUT2D eigenvalue weighted by molar-refractivity contribution is 6.58. The van der Waals surface area contributed by atoms with E-state index in [4.69, 9.17) is 14.8 Å². The van der Waals surface area contributed by atoms with Crippen molar-refractivity contribution in [3.8, 4) is 5.75 Å². The van der Waals surface area contributed by atoms with Gasteiger partial charge in [-0.05, 0) is 36.5 Å². The maximum absolute atomic E-state index is 8.97. The van der Waals surface area contributed by atoms with Gasteiger partial charge in [0.15, 0.2) is 0 Å². The molecule has 1 unspecified atom stereocenters. The van der Waals surface area contributed by atoms with E-state index in [0.717, 1.165) is 18.2 Å². The Labute approximate surface area is 108 Å². The second-order valence-corrected chi connectivity index (χ2v) is 4.99. The molecule has 0 saturated carbocycles. The summed E-state index contributed by atoms with van der Waals surface area (Å²) in [4.78, 5) is 2.41. The molecule has 1 fully saturated rings. The first-order valence-electron chi connectivity index (χ1n) is 6.46. The fraction of sp³-hybridized carbons (Fsp3) is 0.538. The minimum Gasteiger partial charge on any atom is -0.492 e. The maximum Gasteiger partial charge on any atom is 0.488 e. The molecule has 2 N–H and O–H groups in total. The van der Waals surface area contributed by atoms with E-state index in [1.165, 1.54) is 19.5 Å². The normalized spacial score (nSPS) is 20.1. The van der Waals surface area contributed by atoms with Crippen molar-refractivity contribution >= 4 is 12.6 Å². The predicted molar refractivity (Wildman–Crippen MR) is 72.0 cm³/mol. The molecule has 0 radical (unpaired) electrons. The van der Waals surface area contributed by atoms with Crippen molar-refractivity contribution in [1.29, 1.82) is 0 Å². The van der Waals surface area contributed by atoms with Crippen LogP contribution in [0.15, 0.2) is 24.3 Å². The van der Waals surface area contributed by atoms with E-state index in [9.17, 15) is 0 Å². The number of rotatable bonds is 5. The van der Waals surface area contributed by atoms with Gasteiger partial charge in [-0.15, -0.1) is 0 Å². The lowest BCUT2D eigenvalue weighted by atomic mass is 9.80. The molecule has 98 valence electrons. The van der Waals surface area contributed by atoms with Gasteiger partial charge in [0.1, 0.15) is 12.4 Å². The third-order valence-corrected chi connectivity index (χ3v) is 3.36. The summed E-state index contributed by atoms with van der Waals surface area (Å²) in [6.07, 6.45) is 1.28. The smallest absolute Gasteiger partial charge is 0.488 e. The zero-order valence-electron chi connectivity index (χ0n) is 10.7. The molecule has 1 saturated heterocycles. The van der Waals surface area contributed by atoms with Crippen molar-refractivity contribution in [2.45, 2.75) is 13.3 Å². The number of nitrogens with zero attached hydrogens (tertiary/aromatic N) is 1. The molecule has 1 aliphatic rings. The molecule has 2 rings (SSSR count). The van der Waals surface area contributed by atoms with Crippen LogP contribution in [-0.2, 0) is 0 Å². The lowest BCUT2D eigenvalue weighted by Crippen LogP contribution is -2.29. The van der Waals surface area contributed by atoms with Gasteiger partial charge in [0.25, 0.3) is 0 Å². The molecule has 18 heavy (non-hydrogen) atoms. The van der Waals surface area contributed by atoms with Gasteiger partial charge < -0.3 is 14.8 Å². The summed E-state index contributed by atoms with van der Waals surface area (Å²) in [6, 6.07) is 6.86. The Morgan fingerprint density at radius 3 is 2.61 bits per heavy atom. The van der Waals surface area contributed by atoms with Gasteiger partial charge in [-0.2, -0.15) is 0 Å². The minimum atomic E-state index is -1.41. The van der Waals surface area contributed by atoms with Gasteiger partial charge in [-0.3, -0.25) is 4.90 Å². The Balaban J connectivity index is 1.73. The van der Waals surface area contributed by atoms with Crippen LogP contribution in [0.5, 0.6) is 5.75 Å². The van der Waals surface area contributed by atoms with Crippen LogP contribution in [0.2, 0.25) is 0 Å². The number of ether oxygens (including phenoxy) is 1. The van der Waals surface area contributed by atoms with Gasteiger partial charge in [0.2, 0.25) is 0 Å². The Morgan fingerprint density at radius 1 is 1.33 bits per heavy atom. The summed E-state index contributed by atoms with van der Waals surface area (Å²) in [7, 11) is -1.41. The highest BCUT2D eigenvalue weighted by Crippen LogP contribution is 2.14. The van der Waals surface area contributed by atoms with E-state index in [1.807, 2.05) is 0 Å². The molecule has 0 spiro atoms. The molecule has 1 heterocycles. The van der Waals surface area contributed by atoms with Gasteiger partial charge >= 0.3 is 7.12 Å². The standard InChI is InChI=1S/C13H20BNO3/c1-11-6-7-15(10-11)8-9-18-13-4-2-12(3-5-13)14(16)17/h2-5,11,16-17H,6-10H2,1H3. The average molecular weight is 249 g/mol. The molecule has 0 aliphatic carbocycles. The summed E-state index contributed by atoms with van der Waals surface area (Å²) in [6.45, 7) is 6.24. The number of likely N-dealkylation sites (tertiary alicyclic amines) is 1. The summed E-state index contributed by atoms with van der Waals surface area (Å²) < 4.78 is 5.63. The van der Waals surface area contributed by atoms with Crippen molar-refractivity contribution < 1.29 is 14.8 Å². The molecule has 1 atom stereocenters. The fourth-order valence-corrected chi connectivity index (χ4v) is 2.26. The van der Waals surface area contributed by atoms with Crippen molar-refractivity contribution in [2.75, 3.05) is 26.2 Å². The quantitative estimate of drug-likeness (QED) is 0.726. The Morgan fingerprint density at radius 2 is 2.06 bits per heavy atom. The second-order valence-electron chi connectivity index (χ2n) is 4.99. The lowest BCUT2D eigenvalue weighted by Gasteiger charge is -2.15. The minimum absolute atomic E-state index is 0.482. The van der Waals surface area contributed by atoms with E-state index in [-0.39, 0.29) is 0 Å². The first-order chi connectivity index (χ1) is 8.65. The Kier molecular flexibility index (Phi) is 4.63. The lowest BCUT2D eigenvalue weighted by molar-refractivity contribution is 0.234. The van der Waals surface area contributed by atoms with E-state index in [1.54, 1.807) is 24.3 Å².